The van der Waals surface area contributed by atoms with E-state index >= 15 is 0 Å². The summed E-state index contributed by atoms with van der Waals surface area (Å²) < 4.78 is 10.5. The molecule has 0 N–H and O–H groups in total. The average Bonchev–Trinajstić information content (AvgIpc) is 3.17. The Kier molecular flexibility index (Phi) is 2.94. The Morgan fingerprint density at radius 2 is 1.31 bits per heavy atom. The minimum absolute atomic E-state index is 0.542. The van der Waals surface area contributed by atoms with Crippen LogP contribution in [0.15, 0.2) is 24.3 Å². The van der Waals surface area contributed by atoms with E-state index in [2.05, 4.69) is 24.3 Å². The SMILES string of the molecule is c1ccc(CCC2CO2)c(CCC2CO2)c1. The first kappa shape index (κ1) is 10.3. The summed E-state index contributed by atoms with van der Waals surface area (Å²) in [6.45, 7) is 1.94. The molecule has 0 aromatic heterocycles. The molecule has 2 heterocycles. The molecule has 16 heavy (non-hydrogen) atoms. The van der Waals surface area contributed by atoms with Crippen LogP contribution in [0.5, 0.6) is 0 Å². The van der Waals surface area contributed by atoms with E-state index in [0.717, 1.165) is 26.1 Å². The zero-order valence-electron chi connectivity index (χ0n) is 9.52. The maximum atomic E-state index is 5.26. The lowest BCUT2D eigenvalue weighted by atomic mass is 9.98. The van der Waals surface area contributed by atoms with Crippen LogP contribution < -0.4 is 0 Å². The maximum absolute atomic E-state index is 5.26. The fourth-order valence-electron chi connectivity index (χ4n) is 2.15. The van der Waals surface area contributed by atoms with E-state index in [1.807, 2.05) is 0 Å². The second-order valence-corrected chi connectivity index (χ2v) is 4.76. The number of hydrogen-bond acceptors (Lipinski definition) is 2. The quantitative estimate of drug-likeness (QED) is 0.685. The van der Waals surface area contributed by atoms with Crippen molar-refractivity contribution in [3.05, 3.63) is 35.4 Å². The predicted molar refractivity (Wildman–Crippen MR) is 62.6 cm³/mol. The van der Waals surface area contributed by atoms with Gasteiger partial charge in [0.2, 0.25) is 0 Å². The molecule has 0 aliphatic carbocycles. The lowest BCUT2D eigenvalue weighted by Gasteiger charge is -2.07. The van der Waals surface area contributed by atoms with Crippen molar-refractivity contribution in [3.8, 4) is 0 Å². The van der Waals surface area contributed by atoms with Crippen molar-refractivity contribution < 1.29 is 9.47 Å². The van der Waals surface area contributed by atoms with Gasteiger partial charge in [-0.15, -0.1) is 0 Å². The molecule has 1 aromatic rings. The van der Waals surface area contributed by atoms with Crippen molar-refractivity contribution in [1.29, 1.82) is 0 Å². The second-order valence-electron chi connectivity index (χ2n) is 4.76. The van der Waals surface area contributed by atoms with Crippen molar-refractivity contribution in [3.63, 3.8) is 0 Å². The van der Waals surface area contributed by atoms with E-state index in [1.165, 1.54) is 24.0 Å². The number of benzene rings is 1. The van der Waals surface area contributed by atoms with Crippen LogP contribution in [0.2, 0.25) is 0 Å². The van der Waals surface area contributed by atoms with Crippen LogP contribution in [0.3, 0.4) is 0 Å². The Labute approximate surface area is 96.6 Å². The summed E-state index contributed by atoms with van der Waals surface area (Å²) in [4.78, 5) is 0. The van der Waals surface area contributed by atoms with Gasteiger partial charge in [0.05, 0.1) is 25.4 Å². The monoisotopic (exact) mass is 218 g/mol. The summed E-state index contributed by atoms with van der Waals surface area (Å²) in [6.07, 6.45) is 5.76. The molecule has 3 rings (SSSR count). The largest absolute Gasteiger partial charge is 0.373 e. The smallest absolute Gasteiger partial charge is 0.0813 e. The van der Waals surface area contributed by atoms with Crippen LogP contribution in [-0.2, 0) is 22.3 Å². The van der Waals surface area contributed by atoms with Crippen molar-refractivity contribution in [2.24, 2.45) is 0 Å². The lowest BCUT2D eigenvalue weighted by Crippen LogP contribution is -1.99. The van der Waals surface area contributed by atoms with Gasteiger partial charge in [0, 0.05) is 0 Å². The Morgan fingerprint density at radius 3 is 1.69 bits per heavy atom. The first-order chi connectivity index (χ1) is 7.92. The molecule has 2 fully saturated rings. The molecule has 2 atom stereocenters. The van der Waals surface area contributed by atoms with Gasteiger partial charge in [0.15, 0.2) is 0 Å². The molecule has 0 saturated carbocycles. The molecule has 2 nitrogen and oxygen atoms in total. The normalized spacial score (nSPS) is 26.8. The van der Waals surface area contributed by atoms with Gasteiger partial charge in [-0.1, -0.05) is 24.3 Å². The summed E-state index contributed by atoms with van der Waals surface area (Å²) in [7, 11) is 0. The van der Waals surface area contributed by atoms with Gasteiger partial charge in [-0.2, -0.15) is 0 Å². The zero-order chi connectivity index (χ0) is 10.8. The van der Waals surface area contributed by atoms with E-state index in [4.69, 9.17) is 9.47 Å². The minimum atomic E-state index is 0.542. The van der Waals surface area contributed by atoms with Gasteiger partial charge < -0.3 is 9.47 Å². The molecule has 86 valence electrons. The molecular weight excluding hydrogens is 200 g/mol. The molecule has 0 amide bonds. The van der Waals surface area contributed by atoms with Crippen LogP contribution in [0, 0.1) is 0 Å². The summed E-state index contributed by atoms with van der Waals surface area (Å²) in [5.41, 5.74) is 3.00. The molecule has 1 aromatic carbocycles. The number of aryl methyl sites for hydroxylation is 2. The van der Waals surface area contributed by atoms with E-state index in [0.29, 0.717) is 12.2 Å². The Hall–Kier alpha value is -0.860. The van der Waals surface area contributed by atoms with Crippen LogP contribution in [0.4, 0.5) is 0 Å². The number of ether oxygens (including phenoxy) is 2. The number of epoxide rings is 2. The van der Waals surface area contributed by atoms with Crippen LogP contribution in [0.25, 0.3) is 0 Å². The first-order valence-corrected chi connectivity index (χ1v) is 6.22. The van der Waals surface area contributed by atoms with Crippen molar-refractivity contribution >= 4 is 0 Å². The van der Waals surface area contributed by atoms with E-state index in [9.17, 15) is 0 Å². The molecule has 0 radical (unpaired) electrons. The topological polar surface area (TPSA) is 25.1 Å². The third-order valence-electron chi connectivity index (χ3n) is 3.39. The number of hydrogen-bond donors (Lipinski definition) is 0. The standard InChI is InChI=1S/C14H18O2/c1-2-4-12(6-8-14-10-16-14)11(3-1)5-7-13-9-15-13/h1-4,13-14H,5-10H2. The second kappa shape index (κ2) is 4.56. The third kappa shape index (κ3) is 2.83. The lowest BCUT2D eigenvalue weighted by molar-refractivity contribution is 0.394. The Balaban J connectivity index is 1.58. The van der Waals surface area contributed by atoms with E-state index in [-0.39, 0.29) is 0 Å². The Morgan fingerprint density at radius 1 is 0.875 bits per heavy atom. The molecule has 2 aliphatic heterocycles. The van der Waals surface area contributed by atoms with Gasteiger partial charge in [0.25, 0.3) is 0 Å². The van der Waals surface area contributed by atoms with Crippen molar-refractivity contribution in [2.45, 2.75) is 37.9 Å². The highest BCUT2D eigenvalue weighted by molar-refractivity contribution is 5.27. The zero-order valence-corrected chi connectivity index (χ0v) is 9.52. The van der Waals surface area contributed by atoms with Gasteiger partial charge in [-0.3, -0.25) is 0 Å². The fraction of sp³-hybridized carbons (Fsp3) is 0.571. The highest BCUT2D eigenvalue weighted by Crippen LogP contribution is 2.22. The van der Waals surface area contributed by atoms with Crippen molar-refractivity contribution in [1.82, 2.24) is 0 Å². The first-order valence-electron chi connectivity index (χ1n) is 6.22. The van der Waals surface area contributed by atoms with Gasteiger partial charge >= 0.3 is 0 Å². The molecule has 2 aliphatic rings. The molecule has 0 bridgehead atoms. The third-order valence-corrected chi connectivity index (χ3v) is 3.39. The fourth-order valence-corrected chi connectivity index (χ4v) is 2.15. The molecule has 2 unspecified atom stereocenters. The summed E-state index contributed by atoms with van der Waals surface area (Å²) in [5.74, 6) is 0. The molecule has 2 saturated heterocycles. The van der Waals surface area contributed by atoms with Gasteiger partial charge in [-0.25, -0.2) is 0 Å². The highest BCUT2D eigenvalue weighted by Gasteiger charge is 2.23. The van der Waals surface area contributed by atoms with Crippen LogP contribution >= 0.6 is 0 Å². The summed E-state index contributed by atoms with van der Waals surface area (Å²) in [6, 6.07) is 8.79. The summed E-state index contributed by atoms with van der Waals surface area (Å²) >= 11 is 0. The van der Waals surface area contributed by atoms with Gasteiger partial charge in [-0.05, 0) is 36.8 Å². The maximum Gasteiger partial charge on any atom is 0.0813 e. The average molecular weight is 218 g/mol. The summed E-state index contributed by atoms with van der Waals surface area (Å²) in [5, 5.41) is 0. The van der Waals surface area contributed by atoms with Crippen LogP contribution in [-0.4, -0.2) is 25.4 Å². The molecule has 2 heteroatoms. The molecular formula is C14H18O2. The molecule has 0 spiro atoms. The van der Waals surface area contributed by atoms with Crippen LogP contribution in [0.1, 0.15) is 24.0 Å². The van der Waals surface area contributed by atoms with Gasteiger partial charge in [0.1, 0.15) is 0 Å². The van der Waals surface area contributed by atoms with E-state index in [1.54, 1.807) is 0 Å². The number of rotatable bonds is 6. The predicted octanol–water partition coefficient (Wildman–Crippen LogP) is 2.35. The highest BCUT2D eigenvalue weighted by atomic mass is 16.6. The minimum Gasteiger partial charge on any atom is -0.373 e. The Bertz CT molecular complexity index is 319. The van der Waals surface area contributed by atoms with E-state index < -0.39 is 0 Å². The van der Waals surface area contributed by atoms with Crippen molar-refractivity contribution in [2.75, 3.05) is 13.2 Å².